The molecule has 0 radical (unpaired) electrons. The van der Waals surface area contributed by atoms with Gasteiger partial charge in [-0.1, -0.05) is 24.3 Å². The van der Waals surface area contributed by atoms with Crippen LogP contribution in [0.4, 0.5) is 13.2 Å². The van der Waals surface area contributed by atoms with E-state index in [0.29, 0.717) is 12.2 Å². The first-order valence-electron chi connectivity index (χ1n) is 5.94. The van der Waals surface area contributed by atoms with E-state index in [4.69, 9.17) is 0 Å². The number of fused-ring (bicyclic) bond motifs is 2. The maximum absolute atomic E-state index is 12.7. The van der Waals surface area contributed by atoms with Gasteiger partial charge in [0.2, 0.25) is 0 Å². The van der Waals surface area contributed by atoms with Crippen LogP contribution in [0.15, 0.2) is 47.4 Å². The Morgan fingerprint density at radius 3 is 2.47 bits per heavy atom. The first-order chi connectivity index (χ1) is 9.04. The molecule has 0 aromatic heterocycles. The van der Waals surface area contributed by atoms with E-state index in [-0.39, 0.29) is 0 Å². The molecule has 0 N–H and O–H groups in total. The average molecular weight is 280 g/mol. The second-order valence-corrected chi connectivity index (χ2v) is 5.57. The normalized spacial score (nSPS) is 14.5. The number of halogens is 3. The lowest BCUT2D eigenvalue weighted by atomic mass is 9.98. The van der Waals surface area contributed by atoms with Gasteiger partial charge in [0.05, 0.1) is 5.56 Å². The fraction of sp³-hybridized carbons (Fsp3) is 0.200. The van der Waals surface area contributed by atoms with E-state index < -0.39 is 11.7 Å². The third-order valence-corrected chi connectivity index (χ3v) is 4.43. The molecule has 1 aliphatic rings. The molecule has 0 nitrogen and oxygen atoms in total. The zero-order valence-corrected chi connectivity index (χ0v) is 10.8. The van der Waals surface area contributed by atoms with Crippen LogP contribution in [0.2, 0.25) is 0 Å². The van der Waals surface area contributed by atoms with Crippen LogP contribution in [-0.2, 0) is 18.3 Å². The summed E-state index contributed by atoms with van der Waals surface area (Å²) in [5.74, 6) is 0.594. The highest BCUT2D eigenvalue weighted by atomic mass is 32.2. The third-order valence-electron chi connectivity index (χ3n) is 3.27. The van der Waals surface area contributed by atoms with Crippen LogP contribution in [0.25, 0.3) is 0 Å². The quantitative estimate of drug-likeness (QED) is 0.661. The summed E-state index contributed by atoms with van der Waals surface area (Å²) in [6, 6.07) is 12.1. The van der Waals surface area contributed by atoms with Gasteiger partial charge in [-0.3, -0.25) is 0 Å². The number of benzene rings is 2. The average Bonchev–Trinajstić information content (AvgIpc) is 2.55. The van der Waals surface area contributed by atoms with E-state index >= 15 is 0 Å². The molecule has 2 aromatic rings. The lowest BCUT2D eigenvalue weighted by Crippen LogP contribution is -2.06. The molecule has 19 heavy (non-hydrogen) atoms. The smallest absolute Gasteiger partial charge is 0.166 e. The van der Waals surface area contributed by atoms with Crippen LogP contribution in [0.3, 0.4) is 0 Å². The molecule has 3 rings (SSSR count). The molecule has 0 unspecified atom stereocenters. The van der Waals surface area contributed by atoms with Crippen LogP contribution >= 0.6 is 11.8 Å². The third kappa shape index (κ3) is 2.50. The van der Waals surface area contributed by atoms with Crippen molar-refractivity contribution in [1.82, 2.24) is 0 Å². The fourth-order valence-electron chi connectivity index (χ4n) is 2.26. The van der Waals surface area contributed by atoms with Crippen molar-refractivity contribution in [2.75, 3.05) is 0 Å². The van der Waals surface area contributed by atoms with Crippen molar-refractivity contribution in [3.05, 3.63) is 64.7 Å². The highest BCUT2D eigenvalue weighted by Crippen LogP contribution is 2.36. The second-order valence-electron chi connectivity index (χ2n) is 4.55. The number of alkyl halides is 3. The number of hydrogen-bond donors (Lipinski definition) is 0. The van der Waals surface area contributed by atoms with Crippen LogP contribution in [0.1, 0.15) is 22.3 Å². The van der Waals surface area contributed by atoms with Crippen molar-refractivity contribution >= 4 is 11.8 Å². The van der Waals surface area contributed by atoms with E-state index in [2.05, 4.69) is 0 Å². The monoisotopic (exact) mass is 280 g/mol. The Hall–Kier alpha value is -1.42. The Balaban J connectivity index is 2.02. The topological polar surface area (TPSA) is 0 Å². The van der Waals surface area contributed by atoms with Gasteiger partial charge in [0, 0.05) is 10.6 Å². The van der Waals surface area contributed by atoms with Gasteiger partial charge in [-0.15, -0.1) is 11.8 Å². The fourth-order valence-corrected chi connectivity index (χ4v) is 3.34. The summed E-state index contributed by atoms with van der Waals surface area (Å²) in [6.45, 7) is 0. The number of rotatable bonds is 0. The van der Waals surface area contributed by atoms with Crippen LogP contribution < -0.4 is 0 Å². The molecular weight excluding hydrogens is 269 g/mol. The second kappa shape index (κ2) is 4.60. The summed E-state index contributed by atoms with van der Waals surface area (Å²) in [4.78, 5) is 1.16. The molecule has 0 fully saturated rings. The molecule has 0 amide bonds. The summed E-state index contributed by atoms with van der Waals surface area (Å²) in [5, 5.41) is 0. The molecule has 98 valence electrons. The lowest BCUT2D eigenvalue weighted by Gasteiger charge is -2.11. The van der Waals surface area contributed by atoms with Crippen LogP contribution in [0.5, 0.6) is 0 Å². The van der Waals surface area contributed by atoms with E-state index in [0.717, 1.165) is 16.0 Å². The molecule has 1 heterocycles. The van der Waals surface area contributed by atoms with Crippen molar-refractivity contribution < 1.29 is 13.2 Å². The summed E-state index contributed by atoms with van der Waals surface area (Å²) in [5.41, 5.74) is 2.41. The predicted octanol–water partition coefficient (Wildman–Crippen LogP) is 4.90. The maximum atomic E-state index is 12.7. The predicted molar refractivity (Wildman–Crippen MR) is 70.3 cm³/mol. The van der Waals surface area contributed by atoms with Crippen molar-refractivity contribution in [3.8, 4) is 0 Å². The van der Waals surface area contributed by atoms with Gasteiger partial charge in [-0.25, -0.2) is 0 Å². The molecule has 4 heteroatoms. The molecule has 1 aliphatic heterocycles. The summed E-state index contributed by atoms with van der Waals surface area (Å²) in [6.07, 6.45) is -3.56. The Kier molecular flexibility index (Phi) is 3.05. The minimum atomic E-state index is -4.27. The van der Waals surface area contributed by atoms with Crippen LogP contribution in [0, 0.1) is 0 Å². The van der Waals surface area contributed by atoms with Crippen molar-refractivity contribution in [2.24, 2.45) is 0 Å². The zero-order valence-electron chi connectivity index (χ0n) is 10.00. The minimum absolute atomic E-state index is 0.558. The first-order valence-corrected chi connectivity index (χ1v) is 6.92. The standard InChI is InChI=1S/C15H11F3S/c16-15(17,18)13-6-5-10-7-11-3-1-2-4-14(11)19-9-12(10)8-13/h1-6,8H,7,9H2. The zero-order chi connectivity index (χ0) is 13.5. The molecule has 0 saturated carbocycles. The Labute approximate surface area is 113 Å². The summed E-state index contributed by atoms with van der Waals surface area (Å²) in [7, 11) is 0. The van der Waals surface area contributed by atoms with E-state index in [9.17, 15) is 13.2 Å². The van der Waals surface area contributed by atoms with E-state index in [1.54, 1.807) is 17.8 Å². The summed E-state index contributed by atoms with van der Waals surface area (Å²) < 4.78 is 38.1. The SMILES string of the molecule is FC(F)(F)c1ccc2c(c1)CSc1ccccc1C2. The minimum Gasteiger partial charge on any atom is -0.166 e. The molecule has 2 aromatic carbocycles. The largest absolute Gasteiger partial charge is 0.416 e. The van der Waals surface area contributed by atoms with Crippen molar-refractivity contribution in [1.29, 1.82) is 0 Å². The molecular formula is C15H11F3S. The summed E-state index contributed by atoms with van der Waals surface area (Å²) >= 11 is 1.60. The number of thioether (sulfide) groups is 1. The van der Waals surface area contributed by atoms with Crippen molar-refractivity contribution in [3.63, 3.8) is 0 Å². The Morgan fingerprint density at radius 1 is 0.895 bits per heavy atom. The number of hydrogen-bond acceptors (Lipinski definition) is 1. The maximum Gasteiger partial charge on any atom is 0.416 e. The van der Waals surface area contributed by atoms with E-state index in [1.807, 2.05) is 24.3 Å². The molecule has 0 aliphatic carbocycles. The van der Waals surface area contributed by atoms with Gasteiger partial charge in [0.15, 0.2) is 0 Å². The highest BCUT2D eigenvalue weighted by molar-refractivity contribution is 7.98. The Bertz CT molecular complexity index is 617. The first kappa shape index (κ1) is 12.6. The van der Waals surface area contributed by atoms with Gasteiger partial charge in [0.25, 0.3) is 0 Å². The van der Waals surface area contributed by atoms with Crippen LogP contribution in [-0.4, -0.2) is 0 Å². The molecule has 0 spiro atoms. The molecule has 0 atom stereocenters. The lowest BCUT2D eigenvalue weighted by molar-refractivity contribution is -0.137. The van der Waals surface area contributed by atoms with Gasteiger partial charge in [-0.05, 0) is 41.3 Å². The van der Waals surface area contributed by atoms with Gasteiger partial charge >= 0.3 is 6.18 Å². The molecule has 0 saturated heterocycles. The van der Waals surface area contributed by atoms with Gasteiger partial charge in [-0.2, -0.15) is 13.2 Å². The molecule has 0 bridgehead atoms. The highest BCUT2D eigenvalue weighted by Gasteiger charge is 2.31. The van der Waals surface area contributed by atoms with Crippen molar-refractivity contribution in [2.45, 2.75) is 23.2 Å². The van der Waals surface area contributed by atoms with Gasteiger partial charge in [0.1, 0.15) is 0 Å². The Morgan fingerprint density at radius 2 is 1.68 bits per heavy atom. The van der Waals surface area contributed by atoms with E-state index in [1.165, 1.54) is 17.7 Å². The van der Waals surface area contributed by atoms with Gasteiger partial charge < -0.3 is 0 Å².